The lowest BCUT2D eigenvalue weighted by molar-refractivity contribution is -0.124. The molecule has 0 aromatic heterocycles. The highest BCUT2D eigenvalue weighted by Gasteiger charge is 1.96. The lowest BCUT2D eigenvalue weighted by Crippen LogP contribution is -2.12. The molecule has 4 heteroatoms. The van der Waals surface area contributed by atoms with E-state index in [-0.39, 0.29) is 25.4 Å². The minimum absolute atomic E-state index is 0.111. The van der Waals surface area contributed by atoms with E-state index in [1.54, 1.807) is 0 Å². The second kappa shape index (κ2) is 4.70. The summed E-state index contributed by atoms with van der Waals surface area (Å²) in [4.78, 5) is 14.3. The van der Waals surface area contributed by atoms with Crippen LogP contribution in [0.25, 0.3) is 0 Å². The zero-order valence-electron chi connectivity index (χ0n) is 4.46. The summed E-state index contributed by atoms with van der Waals surface area (Å²) in [5, 5.41) is 8.15. The Morgan fingerprint density at radius 3 is 2.75 bits per heavy atom. The summed E-state index contributed by atoms with van der Waals surface area (Å²) in [7, 11) is 0. The first-order chi connectivity index (χ1) is 3.81. The quantitative estimate of drug-likeness (QED) is 0.457. The molecule has 0 saturated heterocycles. The molecule has 0 aromatic rings. The van der Waals surface area contributed by atoms with Gasteiger partial charge in [-0.25, -0.2) is 5.90 Å². The Labute approximate surface area is 47.2 Å². The van der Waals surface area contributed by atoms with Crippen molar-refractivity contribution in [1.29, 1.82) is 0 Å². The van der Waals surface area contributed by atoms with Gasteiger partial charge in [0.15, 0.2) is 5.78 Å². The summed E-state index contributed by atoms with van der Waals surface area (Å²) in [6, 6.07) is 0. The standard InChI is InChI=1S/C4H9NO3/c5-8-3-4(7)1-2-6/h6H,1-3,5H2. The van der Waals surface area contributed by atoms with Gasteiger partial charge < -0.3 is 5.11 Å². The Hall–Kier alpha value is -0.450. The number of carbonyl (C=O) groups is 1. The van der Waals surface area contributed by atoms with Crippen molar-refractivity contribution in [2.24, 2.45) is 5.90 Å². The maximum atomic E-state index is 10.3. The molecule has 8 heavy (non-hydrogen) atoms. The molecule has 0 fully saturated rings. The Bertz CT molecular complexity index is 65.7. The van der Waals surface area contributed by atoms with Crippen LogP contribution in [0.15, 0.2) is 0 Å². The molecule has 0 rings (SSSR count). The summed E-state index contributed by atoms with van der Waals surface area (Å²) in [5.41, 5.74) is 0. The lowest BCUT2D eigenvalue weighted by atomic mass is 10.3. The zero-order valence-corrected chi connectivity index (χ0v) is 4.46. The number of aliphatic hydroxyl groups is 1. The molecule has 0 heterocycles. The summed E-state index contributed by atoms with van der Waals surface area (Å²) in [5.74, 6) is 4.37. The van der Waals surface area contributed by atoms with Crippen LogP contribution >= 0.6 is 0 Å². The minimum Gasteiger partial charge on any atom is -0.396 e. The molecule has 48 valence electrons. The van der Waals surface area contributed by atoms with E-state index in [1.165, 1.54) is 0 Å². The molecule has 0 aliphatic rings. The van der Waals surface area contributed by atoms with E-state index in [2.05, 4.69) is 10.7 Å². The lowest BCUT2D eigenvalue weighted by Gasteiger charge is -1.92. The van der Waals surface area contributed by atoms with Crippen LogP contribution in [0.1, 0.15) is 6.42 Å². The summed E-state index contributed by atoms with van der Waals surface area (Å²) >= 11 is 0. The third-order valence-electron chi connectivity index (χ3n) is 0.635. The predicted octanol–water partition coefficient (Wildman–Crippen LogP) is -1.17. The van der Waals surface area contributed by atoms with E-state index >= 15 is 0 Å². The molecule has 0 aromatic carbocycles. The van der Waals surface area contributed by atoms with E-state index in [1.807, 2.05) is 0 Å². The summed E-state index contributed by atoms with van der Waals surface area (Å²) in [6.07, 6.45) is 0.122. The SMILES string of the molecule is NOCC(=O)CCO. The molecule has 0 saturated carbocycles. The van der Waals surface area contributed by atoms with Gasteiger partial charge in [-0.3, -0.25) is 9.63 Å². The highest BCUT2D eigenvalue weighted by atomic mass is 16.6. The molecule has 0 amide bonds. The van der Waals surface area contributed by atoms with Crippen LogP contribution in [0.2, 0.25) is 0 Å². The number of ketones is 1. The molecule has 0 spiro atoms. The highest BCUT2D eigenvalue weighted by Crippen LogP contribution is 1.78. The van der Waals surface area contributed by atoms with Crippen molar-refractivity contribution in [1.82, 2.24) is 0 Å². The van der Waals surface area contributed by atoms with Crippen molar-refractivity contribution in [3.05, 3.63) is 0 Å². The molecule has 0 bridgehead atoms. The zero-order chi connectivity index (χ0) is 6.41. The Balaban J connectivity index is 3.06. The van der Waals surface area contributed by atoms with Gasteiger partial charge in [0.05, 0.1) is 6.61 Å². The van der Waals surface area contributed by atoms with E-state index in [4.69, 9.17) is 5.11 Å². The third kappa shape index (κ3) is 3.73. The fraction of sp³-hybridized carbons (Fsp3) is 0.750. The van der Waals surface area contributed by atoms with Gasteiger partial charge in [0.2, 0.25) is 0 Å². The van der Waals surface area contributed by atoms with Crippen LogP contribution in [0.4, 0.5) is 0 Å². The first-order valence-corrected chi connectivity index (χ1v) is 2.25. The largest absolute Gasteiger partial charge is 0.396 e. The molecule has 4 nitrogen and oxygen atoms in total. The van der Waals surface area contributed by atoms with Crippen molar-refractivity contribution in [3.8, 4) is 0 Å². The topological polar surface area (TPSA) is 72.5 Å². The smallest absolute Gasteiger partial charge is 0.162 e. The molecular weight excluding hydrogens is 110 g/mol. The van der Waals surface area contributed by atoms with Crippen molar-refractivity contribution >= 4 is 5.78 Å². The number of hydrogen-bond acceptors (Lipinski definition) is 4. The minimum atomic E-state index is -0.185. The van der Waals surface area contributed by atoms with Gasteiger partial charge in [-0.2, -0.15) is 0 Å². The fourth-order valence-electron chi connectivity index (χ4n) is 0.290. The van der Waals surface area contributed by atoms with E-state index in [0.29, 0.717) is 0 Å². The highest BCUT2D eigenvalue weighted by molar-refractivity contribution is 5.79. The third-order valence-corrected chi connectivity index (χ3v) is 0.635. The van der Waals surface area contributed by atoms with E-state index in [9.17, 15) is 4.79 Å². The summed E-state index contributed by atoms with van der Waals surface area (Å²) < 4.78 is 0. The Kier molecular flexibility index (Phi) is 4.44. The second-order valence-electron chi connectivity index (χ2n) is 1.32. The second-order valence-corrected chi connectivity index (χ2v) is 1.32. The molecule has 0 radical (unpaired) electrons. The predicted molar refractivity (Wildman–Crippen MR) is 26.8 cm³/mol. The van der Waals surface area contributed by atoms with E-state index in [0.717, 1.165) is 0 Å². The van der Waals surface area contributed by atoms with Gasteiger partial charge in [0.1, 0.15) is 6.61 Å². The molecular formula is C4H9NO3. The Morgan fingerprint density at radius 1 is 1.75 bits per heavy atom. The number of aliphatic hydroxyl groups excluding tert-OH is 1. The van der Waals surface area contributed by atoms with Gasteiger partial charge in [0.25, 0.3) is 0 Å². The van der Waals surface area contributed by atoms with Crippen molar-refractivity contribution in [2.45, 2.75) is 6.42 Å². The first kappa shape index (κ1) is 7.55. The van der Waals surface area contributed by atoms with Crippen LogP contribution < -0.4 is 5.90 Å². The van der Waals surface area contributed by atoms with Gasteiger partial charge in [0, 0.05) is 6.42 Å². The van der Waals surface area contributed by atoms with Crippen LogP contribution in [-0.2, 0) is 9.63 Å². The van der Waals surface area contributed by atoms with Gasteiger partial charge in [-0.1, -0.05) is 0 Å². The number of carbonyl (C=O) groups excluding carboxylic acids is 1. The van der Waals surface area contributed by atoms with Crippen LogP contribution in [0.3, 0.4) is 0 Å². The van der Waals surface area contributed by atoms with Gasteiger partial charge in [-0.05, 0) is 0 Å². The van der Waals surface area contributed by atoms with Gasteiger partial charge in [-0.15, -0.1) is 0 Å². The van der Waals surface area contributed by atoms with Crippen LogP contribution in [0.5, 0.6) is 0 Å². The number of rotatable bonds is 4. The average molecular weight is 119 g/mol. The monoisotopic (exact) mass is 119 g/mol. The average Bonchev–Trinajstić information content (AvgIpc) is 1.68. The molecule has 0 atom stereocenters. The molecule has 3 N–H and O–H groups in total. The van der Waals surface area contributed by atoms with Crippen molar-refractivity contribution in [3.63, 3.8) is 0 Å². The number of nitrogens with two attached hydrogens (primary N) is 1. The Morgan fingerprint density at radius 2 is 2.38 bits per heavy atom. The first-order valence-electron chi connectivity index (χ1n) is 2.25. The summed E-state index contributed by atoms with van der Waals surface area (Å²) in [6.45, 7) is -0.247. The maximum absolute atomic E-state index is 10.3. The number of hydrogen-bond donors (Lipinski definition) is 2. The van der Waals surface area contributed by atoms with Crippen molar-refractivity contribution in [2.75, 3.05) is 13.2 Å². The van der Waals surface area contributed by atoms with Crippen LogP contribution in [-0.4, -0.2) is 24.1 Å². The molecule has 0 unspecified atom stereocenters. The van der Waals surface area contributed by atoms with Crippen LogP contribution in [0, 0.1) is 0 Å². The van der Waals surface area contributed by atoms with Gasteiger partial charge >= 0.3 is 0 Å². The van der Waals surface area contributed by atoms with Crippen molar-refractivity contribution < 1.29 is 14.7 Å². The van der Waals surface area contributed by atoms with E-state index < -0.39 is 0 Å². The number of Topliss-reactive ketones (excluding diaryl/α,β-unsaturated/α-hetero) is 1. The fourth-order valence-corrected chi connectivity index (χ4v) is 0.290. The maximum Gasteiger partial charge on any atom is 0.162 e. The normalized spacial score (nSPS) is 9.25. The molecule has 0 aliphatic heterocycles. The molecule has 0 aliphatic carbocycles.